The number of para-hydroxylation sites is 1. The summed E-state index contributed by atoms with van der Waals surface area (Å²) in [5.74, 6) is -11.9. The lowest BCUT2D eigenvalue weighted by Crippen LogP contribution is -2.62. The second kappa shape index (κ2) is 31.6. The van der Waals surface area contributed by atoms with Gasteiger partial charge in [-0.25, -0.2) is 4.79 Å². The van der Waals surface area contributed by atoms with Gasteiger partial charge < -0.3 is 84.5 Å². The van der Waals surface area contributed by atoms with Crippen molar-refractivity contribution in [2.24, 2.45) is 23.3 Å². The van der Waals surface area contributed by atoms with Gasteiger partial charge in [-0.1, -0.05) is 76.2 Å². The number of hydrogen-bond donors (Lipinski definition) is 16. The Morgan fingerprint density at radius 3 is 1.64 bits per heavy atom. The number of aliphatic hydroxyl groups excluding tert-OH is 3. The fourth-order valence-corrected chi connectivity index (χ4v) is 8.10. The molecular formula is C52H77N11O15. The van der Waals surface area contributed by atoms with Crippen LogP contribution in [0.1, 0.15) is 84.8 Å². The van der Waals surface area contributed by atoms with Gasteiger partial charge in [-0.15, -0.1) is 0 Å². The Bertz CT molecular complexity index is 2520. The van der Waals surface area contributed by atoms with Gasteiger partial charge in [0.2, 0.25) is 47.3 Å². The molecule has 18 N–H and O–H groups in total. The van der Waals surface area contributed by atoms with Crippen LogP contribution in [0.3, 0.4) is 0 Å². The molecule has 0 aliphatic heterocycles. The standard InChI is InChI=1S/C52H77N11O15/c1-26(2)20-35(59-50(75)42(27(3)4)62-49(74)41(54)28(5)65)45(70)61-39(25-64)48(73)58-37(23-40(67)68)47(72)57-36(21-30-14-8-7-9-15-30)46(71)56-34(18-12-13-19-53)44(69)63-43(29(6)66)51(76)60-38(52(77)78)22-31-24-55-33-17-11-10-16-32(31)33/h7-11,14-17,24,26-29,34-39,41-43,55,64-66H,12-13,18-23,25,53-54H2,1-6H3,(H,56,71)(H,57,72)(H,58,73)(H,59,75)(H,60,76)(H,61,70)(H,62,74)(H,63,69)(H,67,68)(H,77,78)/t28-,29-,34+,35+,36+,37+,38+,39+,41+,42+,43+/m1/s1. The normalized spacial score (nSPS) is 15.6. The highest BCUT2D eigenvalue weighted by molar-refractivity contribution is 5.99. The minimum atomic E-state index is -1.96. The maximum absolute atomic E-state index is 14.3. The van der Waals surface area contributed by atoms with Gasteiger partial charge in [0.1, 0.15) is 54.4 Å². The van der Waals surface area contributed by atoms with Crippen molar-refractivity contribution in [3.63, 3.8) is 0 Å². The molecule has 0 aliphatic rings. The molecule has 0 aliphatic carbocycles. The molecule has 78 heavy (non-hydrogen) atoms. The van der Waals surface area contributed by atoms with E-state index in [-0.39, 0.29) is 44.6 Å². The summed E-state index contributed by atoms with van der Waals surface area (Å²) >= 11 is 0. The number of H-pyrrole nitrogens is 1. The minimum absolute atomic E-state index is 0.00940. The van der Waals surface area contributed by atoms with Crippen LogP contribution in [0.2, 0.25) is 0 Å². The number of carboxylic acids is 2. The highest BCUT2D eigenvalue weighted by atomic mass is 16.4. The Morgan fingerprint density at radius 1 is 0.551 bits per heavy atom. The smallest absolute Gasteiger partial charge is 0.326 e. The largest absolute Gasteiger partial charge is 0.481 e. The Balaban J connectivity index is 1.86. The third-order valence-corrected chi connectivity index (χ3v) is 12.5. The van der Waals surface area contributed by atoms with Crippen LogP contribution in [-0.2, 0) is 60.8 Å². The van der Waals surface area contributed by atoms with Crippen LogP contribution in [-0.4, -0.2) is 169 Å². The van der Waals surface area contributed by atoms with E-state index >= 15 is 0 Å². The molecule has 0 bridgehead atoms. The number of unbranched alkanes of at least 4 members (excludes halogenated alkanes) is 1. The third-order valence-electron chi connectivity index (χ3n) is 12.5. The number of nitrogens with two attached hydrogens (primary N) is 2. The lowest BCUT2D eigenvalue weighted by atomic mass is 9.99. The molecule has 26 heteroatoms. The number of rotatable bonds is 33. The summed E-state index contributed by atoms with van der Waals surface area (Å²) in [6.07, 6.45) is -2.22. The molecule has 0 saturated heterocycles. The molecule has 8 amide bonds. The van der Waals surface area contributed by atoms with Gasteiger partial charge in [0, 0.05) is 29.9 Å². The lowest BCUT2D eigenvalue weighted by molar-refractivity contribution is -0.143. The number of aromatic amines is 1. The molecule has 0 radical (unpaired) electrons. The van der Waals surface area contributed by atoms with E-state index in [9.17, 15) is 73.5 Å². The molecule has 3 aromatic rings. The van der Waals surface area contributed by atoms with Gasteiger partial charge in [0.15, 0.2) is 0 Å². The van der Waals surface area contributed by atoms with Crippen LogP contribution >= 0.6 is 0 Å². The van der Waals surface area contributed by atoms with Crippen LogP contribution in [0.5, 0.6) is 0 Å². The molecule has 0 unspecified atom stereocenters. The van der Waals surface area contributed by atoms with Crippen molar-refractivity contribution in [1.29, 1.82) is 0 Å². The number of carboxylic acid groups (broad SMARTS) is 2. The van der Waals surface area contributed by atoms with Crippen LogP contribution in [0.15, 0.2) is 60.8 Å². The average molecular weight is 1100 g/mol. The van der Waals surface area contributed by atoms with Gasteiger partial charge in [-0.3, -0.25) is 43.2 Å². The Morgan fingerprint density at radius 2 is 1.06 bits per heavy atom. The summed E-state index contributed by atoms with van der Waals surface area (Å²) in [4.78, 5) is 137. The molecule has 1 aromatic heterocycles. The topological polar surface area (TPSA) is 436 Å². The predicted molar refractivity (Wildman–Crippen MR) is 283 cm³/mol. The molecule has 0 saturated carbocycles. The van der Waals surface area contributed by atoms with E-state index in [1.807, 2.05) is 0 Å². The summed E-state index contributed by atoms with van der Waals surface area (Å²) in [5.41, 5.74) is 13.2. The van der Waals surface area contributed by atoms with Crippen molar-refractivity contribution in [1.82, 2.24) is 47.5 Å². The van der Waals surface area contributed by atoms with Gasteiger partial charge in [0.25, 0.3) is 0 Å². The lowest BCUT2D eigenvalue weighted by Gasteiger charge is -2.29. The summed E-state index contributed by atoms with van der Waals surface area (Å²) in [6, 6.07) is 1.22. The second-order valence-electron chi connectivity index (χ2n) is 19.9. The quantitative estimate of drug-likeness (QED) is 0.0276. The number of benzene rings is 2. The molecule has 1 heterocycles. The van der Waals surface area contributed by atoms with Crippen LogP contribution in [0, 0.1) is 11.8 Å². The van der Waals surface area contributed by atoms with Crippen LogP contribution in [0.25, 0.3) is 10.9 Å². The second-order valence-corrected chi connectivity index (χ2v) is 19.9. The van der Waals surface area contributed by atoms with Gasteiger partial charge in [0.05, 0.1) is 25.2 Å². The summed E-state index contributed by atoms with van der Waals surface area (Å²) in [7, 11) is 0. The van der Waals surface area contributed by atoms with E-state index in [1.54, 1.807) is 88.5 Å². The van der Waals surface area contributed by atoms with Gasteiger partial charge in [-0.05, 0) is 75.1 Å². The first kappa shape index (κ1) is 64.8. The van der Waals surface area contributed by atoms with Crippen molar-refractivity contribution >= 4 is 70.1 Å². The van der Waals surface area contributed by atoms with E-state index in [0.29, 0.717) is 17.5 Å². The molecule has 2 aromatic carbocycles. The van der Waals surface area contributed by atoms with Crippen LogP contribution in [0.4, 0.5) is 0 Å². The number of aliphatic carboxylic acids is 2. The van der Waals surface area contributed by atoms with Crippen LogP contribution < -0.4 is 54.0 Å². The fraction of sp³-hybridized carbons (Fsp3) is 0.538. The first-order valence-electron chi connectivity index (χ1n) is 25.7. The maximum Gasteiger partial charge on any atom is 0.326 e. The molecule has 26 nitrogen and oxygen atoms in total. The SMILES string of the molecule is CC(C)C[C@H](NC(=O)[C@@H](NC(=O)[C@@H](N)[C@@H](C)O)C(C)C)C(=O)N[C@@H](CO)C(=O)N[C@@H](CC(=O)O)C(=O)N[C@@H](Cc1ccccc1)C(=O)N[C@@H](CCCCN)C(=O)N[C@H](C(=O)N[C@@H](Cc1c[nH]c2ccccc12)C(=O)O)[C@@H](C)O. The maximum atomic E-state index is 14.3. The van der Waals surface area contributed by atoms with E-state index < -0.39 is 145 Å². The molecule has 0 fully saturated rings. The number of aliphatic hydroxyl groups is 3. The molecule has 0 spiro atoms. The molecule has 11 atom stereocenters. The van der Waals surface area contributed by atoms with Gasteiger partial charge in [-0.2, -0.15) is 0 Å². The molecule has 430 valence electrons. The van der Waals surface area contributed by atoms with E-state index in [4.69, 9.17) is 11.5 Å². The third kappa shape index (κ3) is 20.5. The number of carbonyl (C=O) groups is 10. The predicted octanol–water partition coefficient (Wildman–Crippen LogP) is -2.70. The Kier molecular flexibility index (Phi) is 26.3. The summed E-state index contributed by atoms with van der Waals surface area (Å²) < 4.78 is 0. The zero-order valence-corrected chi connectivity index (χ0v) is 44.6. The first-order chi connectivity index (χ1) is 36.8. The highest BCUT2D eigenvalue weighted by Gasteiger charge is 2.37. The fourth-order valence-electron chi connectivity index (χ4n) is 8.10. The first-order valence-corrected chi connectivity index (χ1v) is 25.7. The molecule has 3 rings (SSSR count). The number of carbonyl (C=O) groups excluding carboxylic acids is 8. The van der Waals surface area contributed by atoms with Crippen molar-refractivity contribution in [3.05, 3.63) is 71.9 Å². The van der Waals surface area contributed by atoms with Crippen molar-refractivity contribution in [2.75, 3.05) is 13.2 Å². The molecular weight excluding hydrogens is 1020 g/mol. The Labute approximate surface area is 451 Å². The highest BCUT2D eigenvalue weighted by Crippen LogP contribution is 2.20. The number of amides is 8. The Hall–Kier alpha value is -7.52. The number of nitrogens with one attached hydrogen (secondary N) is 9. The number of hydrogen-bond acceptors (Lipinski definition) is 15. The minimum Gasteiger partial charge on any atom is -0.481 e. The van der Waals surface area contributed by atoms with E-state index in [1.165, 1.54) is 13.8 Å². The summed E-state index contributed by atoms with van der Waals surface area (Å²) in [5, 5.41) is 70.8. The number of fused-ring (bicyclic) bond motifs is 1. The average Bonchev–Trinajstić information content (AvgIpc) is 3.79. The van der Waals surface area contributed by atoms with Gasteiger partial charge >= 0.3 is 11.9 Å². The monoisotopic (exact) mass is 1100 g/mol. The zero-order valence-electron chi connectivity index (χ0n) is 44.6. The zero-order chi connectivity index (χ0) is 58.4. The van der Waals surface area contributed by atoms with Crippen molar-refractivity contribution in [2.45, 2.75) is 153 Å². The van der Waals surface area contributed by atoms with Crippen molar-refractivity contribution < 1.29 is 73.5 Å². The number of aromatic nitrogens is 1. The van der Waals surface area contributed by atoms with E-state index in [0.717, 1.165) is 10.9 Å². The van der Waals surface area contributed by atoms with Crippen molar-refractivity contribution in [3.8, 4) is 0 Å². The van der Waals surface area contributed by atoms with E-state index in [2.05, 4.69) is 47.5 Å². The summed E-state index contributed by atoms with van der Waals surface area (Å²) in [6.45, 7) is 8.25.